The van der Waals surface area contributed by atoms with Crippen LogP contribution in [0.5, 0.6) is 0 Å². The Kier molecular flexibility index (Phi) is 11.8. The molecule has 16 rings (SSSR count). The molecule has 14 aromatic rings. The molecule has 0 saturated carbocycles. The van der Waals surface area contributed by atoms with Gasteiger partial charge in [-0.05, 0) is 201 Å². The Labute approximate surface area is 505 Å². The van der Waals surface area contributed by atoms with Gasteiger partial charge in [-0.1, -0.05) is 146 Å². The van der Waals surface area contributed by atoms with Crippen molar-refractivity contribution in [1.29, 1.82) is 10.5 Å². The Morgan fingerprint density at radius 3 is 0.872 bits per heavy atom. The number of rotatable bonds is 10. The van der Waals surface area contributed by atoms with Crippen LogP contribution >= 0.6 is 23.5 Å². The average molecular weight is 1140 g/mol. The molecule has 0 aliphatic heterocycles. The molecule has 86 heavy (non-hydrogen) atoms. The summed E-state index contributed by atoms with van der Waals surface area (Å²) < 4.78 is 19.9. The summed E-state index contributed by atoms with van der Waals surface area (Å²) >= 11 is 2.38. The van der Waals surface area contributed by atoms with Crippen molar-refractivity contribution in [2.75, 3.05) is 9.80 Å². The minimum atomic E-state index is -0.923. The molecule has 0 radical (unpaired) electrons. The van der Waals surface area contributed by atoms with Crippen molar-refractivity contribution in [3.8, 4) is 78.9 Å². The highest BCUT2D eigenvalue weighted by molar-refractivity contribution is 7.00. The van der Waals surface area contributed by atoms with Crippen molar-refractivity contribution >= 4 is 90.4 Å². The van der Waals surface area contributed by atoms with Gasteiger partial charge in [-0.2, -0.15) is 28.0 Å². The van der Waals surface area contributed by atoms with Crippen LogP contribution < -0.4 is 9.80 Å². The Hall–Kier alpha value is -10.9. The third kappa shape index (κ3) is 7.92. The number of nitriles is 2. The molecule has 0 bridgehead atoms. The van der Waals surface area contributed by atoms with E-state index in [0.29, 0.717) is 0 Å². The summed E-state index contributed by atoms with van der Waals surface area (Å²) in [4.78, 5) is 4.52. The van der Waals surface area contributed by atoms with Crippen molar-refractivity contribution in [2.45, 2.75) is 24.7 Å². The zero-order chi connectivity index (χ0) is 57.7. The van der Waals surface area contributed by atoms with Crippen LogP contribution in [0.3, 0.4) is 0 Å². The molecule has 8 nitrogen and oxygen atoms in total. The molecule has 2 aliphatic carbocycles. The fraction of sp³-hybridized carbons (Fsp3) is 0.0526. The fourth-order valence-corrected chi connectivity index (χ4v) is 14.4. The van der Waals surface area contributed by atoms with Crippen molar-refractivity contribution in [3.63, 3.8) is 0 Å². The lowest BCUT2D eigenvalue weighted by molar-refractivity contribution is 0.765. The minimum Gasteiger partial charge on any atom is -0.311 e. The molecule has 2 atom stereocenters. The normalized spacial score (nSPS) is 15.4. The summed E-state index contributed by atoms with van der Waals surface area (Å²) in [6, 6.07) is 94.9. The molecule has 0 spiro atoms. The first-order valence-corrected chi connectivity index (χ1v) is 30.0. The summed E-state index contributed by atoms with van der Waals surface area (Å²) in [7, 11) is 0. The predicted octanol–water partition coefficient (Wildman–Crippen LogP) is 20.1. The highest BCUT2D eigenvalue weighted by Crippen LogP contribution is 2.54. The van der Waals surface area contributed by atoms with Gasteiger partial charge in [0.05, 0.1) is 35.6 Å². The third-order valence-corrected chi connectivity index (χ3v) is 18.8. The van der Waals surface area contributed by atoms with E-state index in [-0.39, 0.29) is 0 Å². The van der Waals surface area contributed by atoms with Crippen LogP contribution in [0.15, 0.2) is 255 Å². The first kappa shape index (κ1) is 50.8. The van der Waals surface area contributed by atoms with E-state index in [2.05, 4.69) is 252 Å². The zero-order valence-corrected chi connectivity index (χ0v) is 48.3. The Morgan fingerprint density at radius 2 is 0.558 bits per heavy atom. The summed E-state index contributed by atoms with van der Waals surface area (Å²) in [6.45, 7) is 4.08. The molecule has 2 unspecified atom stereocenters. The lowest BCUT2D eigenvalue weighted by Crippen LogP contribution is -2.17. The van der Waals surface area contributed by atoms with Crippen LogP contribution in [0.4, 0.5) is 34.1 Å². The van der Waals surface area contributed by atoms with Crippen LogP contribution in [-0.2, 0) is 10.8 Å². The molecule has 0 fully saturated rings. The van der Waals surface area contributed by atoms with E-state index in [4.69, 9.17) is 17.5 Å². The molecule has 2 aromatic heterocycles. The van der Waals surface area contributed by atoms with Gasteiger partial charge in [-0.25, -0.2) is 0 Å². The highest BCUT2D eigenvalue weighted by Gasteiger charge is 2.42. The monoisotopic (exact) mass is 1140 g/mol. The van der Waals surface area contributed by atoms with Crippen LogP contribution in [0.1, 0.15) is 36.1 Å². The van der Waals surface area contributed by atoms with E-state index in [1.807, 2.05) is 38.1 Å². The number of fused-ring (bicyclic) bond motifs is 11. The lowest BCUT2D eigenvalue weighted by atomic mass is 9.80. The van der Waals surface area contributed by atoms with Crippen LogP contribution in [0.25, 0.3) is 99.6 Å². The van der Waals surface area contributed by atoms with Gasteiger partial charge in [0, 0.05) is 56.0 Å². The molecule has 10 heteroatoms. The van der Waals surface area contributed by atoms with Gasteiger partial charge >= 0.3 is 0 Å². The second-order valence-corrected chi connectivity index (χ2v) is 23.5. The van der Waals surface area contributed by atoms with Gasteiger partial charge in [-0.3, -0.25) is 0 Å². The zero-order valence-electron chi connectivity index (χ0n) is 46.6. The number of hydrogen-bond donors (Lipinski definition) is 0. The standard InChI is InChI=1S/C76H48N8S2/c1-75(45-77)67-39-49(47-23-31-57(32-24-47)83(53-15-7-3-8-16-53)54-17-9-4-10-18-54)27-35-59(67)61-37-29-51(41-69(61)75)63-43-65-66(73-71(63)79-85-81-73)44-64(72-74(65)82-86-80-72)52-30-38-62-60-36-28-50(40-68(60)76(2,46-78)70(62)42-52)48-25-33-58(34-26-48)84(55-19-11-5-12-20-55)56-21-13-6-14-22-56/h3-44H,1-2H3. The maximum atomic E-state index is 11.2. The molecule has 0 saturated heterocycles. The number of hydrogen-bond acceptors (Lipinski definition) is 10. The second-order valence-electron chi connectivity index (χ2n) is 22.5. The van der Waals surface area contributed by atoms with E-state index in [9.17, 15) is 10.5 Å². The molecule has 2 heterocycles. The molecule has 2 aliphatic rings. The molecule has 0 N–H and O–H groups in total. The van der Waals surface area contributed by atoms with Crippen molar-refractivity contribution in [3.05, 3.63) is 277 Å². The Morgan fingerprint density at radius 1 is 0.291 bits per heavy atom. The number of benzene rings is 12. The van der Waals surface area contributed by atoms with E-state index in [1.54, 1.807) is 0 Å². The van der Waals surface area contributed by atoms with Crippen molar-refractivity contribution in [1.82, 2.24) is 17.5 Å². The number of anilines is 6. The number of aromatic nitrogens is 4. The van der Waals surface area contributed by atoms with E-state index < -0.39 is 10.8 Å². The highest BCUT2D eigenvalue weighted by atomic mass is 32.1. The van der Waals surface area contributed by atoms with Crippen LogP contribution in [0, 0.1) is 22.7 Å². The minimum absolute atomic E-state index is 0.778. The smallest absolute Gasteiger partial charge is 0.113 e. The predicted molar refractivity (Wildman–Crippen MR) is 352 cm³/mol. The summed E-state index contributed by atoms with van der Waals surface area (Å²) in [5, 5.41) is 24.3. The van der Waals surface area contributed by atoms with Gasteiger partial charge in [-0.15, -0.1) is 0 Å². The third-order valence-electron chi connectivity index (χ3n) is 17.7. The van der Waals surface area contributed by atoms with E-state index in [0.717, 1.165) is 156 Å². The summed E-state index contributed by atoms with van der Waals surface area (Å²) in [5.41, 5.74) is 23.8. The molecular formula is C76H48N8S2. The SMILES string of the molecule is CC1(C#N)c2cc(-c3ccc(N(c4ccccc4)c4ccccc4)cc3)ccc2-c2ccc(-c3cc4c(cc(-c5ccc6c(c5)C(C)(C#N)c5cc(-c7ccc(N(c8ccccc8)c8ccccc8)cc7)ccc5-6)c5nsnc54)c4nsnc34)cc21. The first-order chi connectivity index (χ1) is 42.3. The quantitative estimate of drug-likeness (QED) is 0.133. The lowest BCUT2D eigenvalue weighted by Gasteiger charge is -2.25. The van der Waals surface area contributed by atoms with Gasteiger partial charge < -0.3 is 9.80 Å². The second kappa shape index (κ2) is 19.9. The Balaban J connectivity index is 0.718. The Bertz CT molecular complexity index is 4710. The molecule has 404 valence electrons. The maximum Gasteiger partial charge on any atom is 0.113 e. The first-order valence-electron chi connectivity index (χ1n) is 28.6. The molecule has 0 amide bonds. The van der Waals surface area contributed by atoms with Crippen molar-refractivity contribution in [2.24, 2.45) is 0 Å². The molecule has 12 aromatic carbocycles. The van der Waals surface area contributed by atoms with Gasteiger partial charge in [0.15, 0.2) is 0 Å². The van der Waals surface area contributed by atoms with E-state index in [1.165, 1.54) is 23.5 Å². The van der Waals surface area contributed by atoms with Gasteiger partial charge in [0.1, 0.15) is 32.9 Å². The average Bonchev–Trinajstić information content (AvgIpc) is 1.66. The van der Waals surface area contributed by atoms with Crippen LogP contribution in [-0.4, -0.2) is 17.5 Å². The fourth-order valence-electron chi connectivity index (χ4n) is 13.3. The molecular weight excluding hydrogens is 1090 g/mol. The number of nitrogens with zero attached hydrogens (tertiary/aromatic N) is 8. The summed E-state index contributed by atoms with van der Waals surface area (Å²) in [5.74, 6) is 0. The number of para-hydroxylation sites is 4. The van der Waals surface area contributed by atoms with Crippen molar-refractivity contribution < 1.29 is 0 Å². The largest absolute Gasteiger partial charge is 0.311 e. The van der Waals surface area contributed by atoms with E-state index >= 15 is 0 Å². The maximum absolute atomic E-state index is 11.2. The summed E-state index contributed by atoms with van der Waals surface area (Å²) in [6.07, 6.45) is 0. The van der Waals surface area contributed by atoms with Gasteiger partial charge in [0.2, 0.25) is 0 Å². The topological polar surface area (TPSA) is 106 Å². The van der Waals surface area contributed by atoms with Crippen LogP contribution in [0.2, 0.25) is 0 Å². The van der Waals surface area contributed by atoms with Gasteiger partial charge in [0.25, 0.3) is 0 Å².